The standard InChI is InChI=1S/C15H22O3Si/c1-12(15(16)17)14(18-19(2,3)4)11-10-13-8-6-5-7-9-13/h5-9H,10-11H2,1-4H3,(H,16,17). The number of rotatable bonds is 6. The second-order valence-corrected chi connectivity index (χ2v) is 9.98. The Bertz CT molecular complexity index is 458. The van der Waals surface area contributed by atoms with Gasteiger partial charge < -0.3 is 9.53 Å². The van der Waals surface area contributed by atoms with Crippen LogP contribution in [0.5, 0.6) is 0 Å². The summed E-state index contributed by atoms with van der Waals surface area (Å²) >= 11 is 0. The lowest BCUT2D eigenvalue weighted by atomic mass is 10.1. The van der Waals surface area contributed by atoms with Gasteiger partial charge in [-0.15, -0.1) is 0 Å². The van der Waals surface area contributed by atoms with E-state index in [-0.39, 0.29) is 0 Å². The van der Waals surface area contributed by atoms with Gasteiger partial charge in [0.2, 0.25) is 8.32 Å². The Hall–Kier alpha value is -1.55. The van der Waals surface area contributed by atoms with Gasteiger partial charge in [0, 0.05) is 6.42 Å². The molecule has 0 saturated heterocycles. The van der Waals surface area contributed by atoms with Crippen molar-refractivity contribution in [2.75, 3.05) is 0 Å². The fraction of sp³-hybridized carbons (Fsp3) is 0.400. The molecule has 0 aliphatic carbocycles. The van der Waals surface area contributed by atoms with Crippen LogP contribution in [0.4, 0.5) is 0 Å². The summed E-state index contributed by atoms with van der Waals surface area (Å²) in [6.07, 6.45) is 1.43. The summed E-state index contributed by atoms with van der Waals surface area (Å²) in [4.78, 5) is 11.1. The van der Waals surface area contributed by atoms with Crippen molar-refractivity contribution in [3.05, 3.63) is 47.2 Å². The Labute approximate surface area is 116 Å². The van der Waals surface area contributed by atoms with Crippen molar-refractivity contribution < 1.29 is 14.3 Å². The van der Waals surface area contributed by atoms with Crippen LogP contribution in [-0.2, 0) is 15.6 Å². The molecule has 0 aliphatic rings. The molecule has 0 unspecified atom stereocenters. The van der Waals surface area contributed by atoms with Crippen molar-refractivity contribution in [1.82, 2.24) is 0 Å². The Kier molecular flexibility index (Phi) is 5.36. The molecule has 0 saturated carbocycles. The first-order valence-electron chi connectivity index (χ1n) is 6.45. The van der Waals surface area contributed by atoms with Gasteiger partial charge in [-0.25, -0.2) is 4.79 Å². The number of hydrogen-bond donors (Lipinski definition) is 1. The second kappa shape index (κ2) is 6.57. The monoisotopic (exact) mass is 278 g/mol. The third-order valence-corrected chi connectivity index (χ3v) is 3.51. The molecule has 4 heteroatoms. The summed E-state index contributed by atoms with van der Waals surface area (Å²) in [7, 11) is -1.79. The minimum absolute atomic E-state index is 0.318. The lowest BCUT2D eigenvalue weighted by molar-refractivity contribution is -0.132. The highest BCUT2D eigenvalue weighted by molar-refractivity contribution is 6.70. The van der Waals surface area contributed by atoms with Crippen molar-refractivity contribution in [3.8, 4) is 0 Å². The molecule has 0 bridgehead atoms. The largest absolute Gasteiger partial charge is 0.547 e. The average Bonchev–Trinajstić information content (AvgIpc) is 2.33. The van der Waals surface area contributed by atoms with Gasteiger partial charge in [0.05, 0.1) is 11.3 Å². The highest BCUT2D eigenvalue weighted by atomic mass is 28.4. The molecule has 19 heavy (non-hydrogen) atoms. The van der Waals surface area contributed by atoms with Crippen LogP contribution in [0.2, 0.25) is 19.6 Å². The highest BCUT2D eigenvalue weighted by Gasteiger charge is 2.21. The lowest BCUT2D eigenvalue weighted by Crippen LogP contribution is -2.26. The Morgan fingerprint density at radius 1 is 1.21 bits per heavy atom. The second-order valence-electron chi connectivity index (χ2n) is 5.55. The van der Waals surface area contributed by atoms with Crippen molar-refractivity contribution in [1.29, 1.82) is 0 Å². The predicted molar refractivity (Wildman–Crippen MR) is 79.5 cm³/mol. The smallest absolute Gasteiger partial charge is 0.334 e. The third kappa shape index (κ3) is 5.74. The molecule has 0 heterocycles. The van der Waals surface area contributed by atoms with E-state index in [1.165, 1.54) is 5.56 Å². The molecular formula is C15H22O3Si. The number of hydrogen-bond acceptors (Lipinski definition) is 2. The number of benzene rings is 1. The van der Waals surface area contributed by atoms with Crippen molar-refractivity contribution in [3.63, 3.8) is 0 Å². The molecule has 0 radical (unpaired) electrons. The van der Waals surface area contributed by atoms with E-state index in [0.29, 0.717) is 17.8 Å². The molecule has 0 atom stereocenters. The van der Waals surface area contributed by atoms with Gasteiger partial charge in [0.15, 0.2) is 0 Å². The van der Waals surface area contributed by atoms with Crippen LogP contribution in [0.3, 0.4) is 0 Å². The van der Waals surface area contributed by atoms with E-state index in [2.05, 4.69) is 19.6 Å². The van der Waals surface area contributed by atoms with Crippen LogP contribution >= 0.6 is 0 Å². The van der Waals surface area contributed by atoms with Gasteiger partial charge >= 0.3 is 5.97 Å². The topological polar surface area (TPSA) is 46.5 Å². The number of carboxylic acid groups (broad SMARTS) is 1. The van der Waals surface area contributed by atoms with Crippen LogP contribution in [0.25, 0.3) is 0 Å². The van der Waals surface area contributed by atoms with E-state index in [4.69, 9.17) is 9.53 Å². The fourth-order valence-electron chi connectivity index (χ4n) is 1.71. The normalized spacial score (nSPS) is 12.8. The number of aliphatic carboxylic acids is 1. The quantitative estimate of drug-likeness (QED) is 0.489. The predicted octanol–water partition coefficient (Wildman–Crippen LogP) is 3.83. The molecule has 1 N–H and O–H groups in total. The molecule has 0 fully saturated rings. The van der Waals surface area contributed by atoms with Gasteiger partial charge in [0.25, 0.3) is 0 Å². The maximum atomic E-state index is 11.1. The summed E-state index contributed by atoms with van der Waals surface area (Å²) in [5.74, 6) is -0.281. The zero-order chi connectivity index (χ0) is 14.5. The minimum atomic E-state index is -1.79. The molecule has 0 amide bonds. The Morgan fingerprint density at radius 2 is 1.79 bits per heavy atom. The summed E-state index contributed by atoms with van der Waals surface area (Å²) in [6.45, 7) is 7.79. The van der Waals surface area contributed by atoms with E-state index in [1.807, 2.05) is 30.3 Å². The molecule has 1 aromatic carbocycles. The van der Waals surface area contributed by atoms with Crippen LogP contribution in [0.1, 0.15) is 18.9 Å². The van der Waals surface area contributed by atoms with Gasteiger partial charge in [-0.1, -0.05) is 30.3 Å². The summed E-state index contributed by atoms with van der Waals surface area (Å²) in [5, 5.41) is 9.12. The molecule has 3 nitrogen and oxygen atoms in total. The van der Waals surface area contributed by atoms with E-state index in [1.54, 1.807) is 6.92 Å². The first-order chi connectivity index (χ1) is 8.79. The number of carboxylic acids is 1. The molecule has 1 rings (SSSR count). The zero-order valence-corrected chi connectivity index (χ0v) is 13.1. The van der Waals surface area contributed by atoms with E-state index in [9.17, 15) is 4.79 Å². The molecular weight excluding hydrogens is 256 g/mol. The number of aryl methyl sites for hydroxylation is 1. The zero-order valence-electron chi connectivity index (χ0n) is 12.1. The minimum Gasteiger partial charge on any atom is -0.547 e. The highest BCUT2D eigenvalue weighted by Crippen LogP contribution is 2.20. The SMILES string of the molecule is CC(C(=O)O)=C(CCc1ccccc1)O[Si](C)(C)C. The number of carbonyl (C=O) groups is 1. The van der Waals surface area contributed by atoms with Crippen molar-refractivity contribution >= 4 is 14.3 Å². The van der Waals surface area contributed by atoms with Gasteiger partial charge in [0.1, 0.15) is 0 Å². The molecule has 104 valence electrons. The fourth-order valence-corrected chi connectivity index (χ4v) is 2.70. The average molecular weight is 278 g/mol. The van der Waals surface area contributed by atoms with Crippen LogP contribution in [0.15, 0.2) is 41.7 Å². The van der Waals surface area contributed by atoms with Crippen LogP contribution in [-0.4, -0.2) is 19.4 Å². The van der Waals surface area contributed by atoms with Gasteiger partial charge in [-0.3, -0.25) is 0 Å². The maximum Gasteiger partial charge on any atom is 0.334 e. The molecule has 1 aromatic rings. The molecule has 0 aromatic heterocycles. The summed E-state index contributed by atoms with van der Waals surface area (Å²) in [6, 6.07) is 10.0. The van der Waals surface area contributed by atoms with E-state index < -0.39 is 14.3 Å². The summed E-state index contributed by atoms with van der Waals surface area (Å²) < 4.78 is 5.92. The lowest BCUT2D eigenvalue weighted by Gasteiger charge is -2.23. The van der Waals surface area contributed by atoms with Crippen LogP contribution in [0, 0.1) is 0 Å². The number of allylic oxidation sites excluding steroid dienone is 1. The van der Waals surface area contributed by atoms with Gasteiger partial charge in [-0.05, 0) is 38.5 Å². The molecule has 0 spiro atoms. The van der Waals surface area contributed by atoms with E-state index in [0.717, 1.165) is 6.42 Å². The molecule has 0 aliphatic heterocycles. The van der Waals surface area contributed by atoms with E-state index >= 15 is 0 Å². The summed E-state index contributed by atoms with van der Waals surface area (Å²) in [5.41, 5.74) is 1.51. The van der Waals surface area contributed by atoms with Crippen LogP contribution < -0.4 is 0 Å². The third-order valence-electron chi connectivity index (χ3n) is 2.65. The Balaban J connectivity index is 2.82. The Morgan fingerprint density at radius 3 is 2.26 bits per heavy atom. The van der Waals surface area contributed by atoms with Crippen molar-refractivity contribution in [2.45, 2.75) is 39.4 Å². The van der Waals surface area contributed by atoms with Crippen molar-refractivity contribution in [2.24, 2.45) is 0 Å². The first-order valence-corrected chi connectivity index (χ1v) is 9.86. The maximum absolute atomic E-state index is 11.1. The van der Waals surface area contributed by atoms with Gasteiger partial charge in [-0.2, -0.15) is 0 Å². The first kappa shape index (κ1) is 15.5.